The predicted octanol–water partition coefficient (Wildman–Crippen LogP) is 0.251. The van der Waals surface area contributed by atoms with Gasteiger partial charge in [-0.15, -0.1) is 0 Å². The van der Waals surface area contributed by atoms with Gasteiger partial charge in [0.25, 0.3) is 0 Å². The number of hydrogen-bond acceptors (Lipinski definition) is 5. The first-order valence-corrected chi connectivity index (χ1v) is 5.35. The van der Waals surface area contributed by atoms with Crippen LogP contribution in [0.4, 0.5) is 0 Å². The largest absolute Gasteiger partial charge is 0.751 e. The molecule has 0 aliphatic rings. The van der Waals surface area contributed by atoms with Crippen LogP contribution in [0.25, 0.3) is 0 Å². The van der Waals surface area contributed by atoms with E-state index >= 15 is 0 Å². The summed E-state index contributed by atoms with van der Waals surface area (Å²) >= 11 is -3.91. The Hall–Kier alpha value is -0.540. The number of ether oxygens (including phenoxy) is 1. The van der Waals surface area contributed by atoms with Gasteiger partial charge in [-0.25, -0.2) is 9.48 Å². The molecular weight excluding hydrogens is 224 g/mol. The Morgan fingerprint density at radius 1 is 1.27 bits per heavy atom. The highest BCUT2D eigenvalue weighted by molar-refractivity contribution is 8.15. The molecule has 0 spiro atoms. The van der Waals surface area contributed by atoms with Gasteiger partial charge < -0.3 is 22.6 Å². The van der Waals surface area contributed by atoms with Crippen molar-refractivity contribution in [1.29, 1.82) is 0 Å². The van der Waals surface area contributed by atoms with E-state index in [2.05, 4.69) is 4.18 Å². The van der Waals surface area contributed by atoms with E-state index in [1.165, 1.54) is 0 Å². The van der Waals surface area contributed by atoms with Crippen molar-refractivity contribution >= 4 is 17.2 Å². The lowest BCUT2D eigenvalue weighted by Gasteiger charge is -2.29. The van der Waals surface area contributed by atoms with Gasteiger partial charge in [0.2, 0.25) is 0 Å². The Morgan fingerprint density at radius 3 is 1.60 bits per heavy atom. The van der Waals surface area contributed by atoms with Crippen LogP contribution in [0.15, 0.2) is 0 Å². The van der Waals surface area contributed by atoms with Crippen molar-refractivity contribution in [2.75, 3.05) is 42.4 Å². The van der Waals surface area contributed by atoms with Gasteiger partial charge in [0.1, 0.15) is 0 Å². The zero-order valence-corrected chi connectivity index (χ0v) is 10.7. The van der Waals surface area contributed by atoms with Gasteiger partial charge in [-0.3, -0.25) is 0 Å². The highest BCUT2D eigenvalue weighted by atomic mass is 32.3. The lowest BCUT2D eigenvalue weighted by molar-refractivity contribution is -0.480. The molecule has 0 aliphatic heterocycles. The molecule has 0 rings (SSSR count). The van der Waals surface area contributed by atoms with Crippen molar-refractivity contribution in [3.05, 3.63) is 0 Å². The molecule has 0 aromatic rings. The third-order valence-corrected chi connectivity index (χ3v) is 1.60. The minimum absolute atomic E-state index is 0.856. The summed E-state index contributed by atoms with van der Waals surface area (Å²) in [7, 11) is 10.4. The second-order valence-corrected chi connectivity index (χ2v) is 4.12. The molecule has 0 heterocycles. The van der Waals surface area contributed by atoms with Gasteiger partial charge in [-0.05, 0) is 0 Å². The number of hydrogen-bond donors (Lipinski definition) is 2. The Bertz CT molecular complexity index is 198. The summed E-state index contributed by atoms with van der Waals surface area (Å²) in [5, 5.41) is 0. The van der Waals surface area contributed by atoms with E-state index < -0.39 is 11.2 Å². The Kier molecular flexibility index (Phi) is 8.68. The summed E-state index contributed by atoms with van der Waals surface area (Å²) in [5.41, 5.74) is 0. The Labute approximate surface area is 92.3 Å². The van der Waals surface area contributed by atoms with Gasteiger partial charge >= 0.3 is 6.02 Å². The first-order chi connectivity index (χ1) is 6.65. The Balaban J connectivity index is 0. The molecule has 0 atom stereocenters. The average Bonchev–Trinajstić information content (AvgIpc) is 2.03. The molecule has 94 valence electrons. The predicted molar refractivity (Wildman–Crippen MR) is 58.4 cm³/mol. The molecular formula is C7H20N2O5S. The van der Waals surface area contributed by atoms with Crippen molar-refractivity contribution in [3.63, 3.8) is 0 Å². The maximum absolute atomic E-state index is 9.44. The van der Waals surface area contributed by atoms with Crippen LogP contribution < -0.4 is 0 Å². The molecule has 15 heavy (non-hydrogen) atoms. The fraction of sp³-hybridized carbons (Fsp3) is 0.857. The molecule has 0 aromatic heterocycles. The van der Waals surface area contributed by atoms with E-state index in [9.17, 15) is 4.55 Å². The highest BCUT2D eigenvalue weighted by Gasteiger charge is 2.08. The van der Waals surface area contributed by atoms with Gasteiger partial charge in [-0.2, -0.15) is 0 Å². The van der Waals surface area contributed by atoms with E-state index in [0.29, 0.717) is 0 Å². The van der Waals surface area contributed by atoms with Crippen LogP contribution in [-0.4, -0.2) is 71.6 Å². The van der Waals surface area contributed by atoms with Crippen molar-refractivity contribution in [2.24, 2.45) is 0 Å². The molecule has 0 bridgehead atoms. The molecule has 8 heteroatoms. The third kappa shape index (κ3) is 11.4. The second kappa shape index (κ2) is 7.71. The van der Waals surface area contributed by atoms with Gasteiger partial charge in [0, 0.05) is 11.2 Å². The van der Waals surface area contributed by atoms with Crippen LogP contribution in [0.5, 0.6) is 0 Å². The Morgan fingerprint density at radius 2 is 1.60 bits per heavy atom. The fourth-order valence-electron chi connectivity index (χ4n) is 0.765. The van der Waals surface area contributed by atoms with Crippen molar-refractivity contribution in [1.82, 2.24) is 4.90 Å². The van der Waals surface area contributed by atoms with Crippen molar-refractivity contribution in [2.45, 2.75) is 0 Å². The molecule has 0 saturated carbocycles. The fourth-order valence-corrected chi connectivity index (χ4v) is 0.765. The summed E-state index contributed by atoms with van der Waals surface area (Å²) in [6.07, 6.45) is 0. The summed E-state index contributed by atoms with van der Waals surface area (Å²) in [6.45, 7) is 0. The minimum atomic E-state index is -3.91. The standard InChI is InChI=1S/C6H15N2O.CH6O4S/c1-7(2)6(9-5)8(3)4;1-5-6(2,3)4/h1-5H3;2-4H,1H3/q+1;/p-1. The van der Waals surface area contributed by atoms with E-state index in [1.54, 1.807) is 7.11 Å². The average molecular weight is 244 g/mol. The van der Waals surface area contributed by atoms with E-state index in [-0.39, 0.29) is 0 Å². The third-order valence-electron chi connectivity index (χ3n) is 1.16. The molecule has 7 nitrogen and oxygen atoms in total. The summed E-state index contributed by atoms with van der Waals surface area (Å²) in [6, 6.07) is 0.856. The summed E-state index contributed by atoms with van der Waals surface area (Å²) in [5.74, 6) is 0. The van der Waals surface area contributed by atoms with E-state index in [1.807, 2.05) is 37.7 Å². The number of amidine groups is 1. The number of rotatable bonds is 1. The molecule has 0 fully saturated rings. The quantitative estimate of drug-likeness (QED) is 0.390. The minimum Gasteiger partial charge on any atom is -0.751 e. The summed E-state index contributed by atoms with van der Waals surface area (Å²) < 4.78 is 35.4. The van der Waals surface area contributed by atoms with Crippen LogP contribution in [0.1, 0.15) is 0 Å². The normalized spacial score (nSPS) is 11.0. The molecule has 0 aliphatic carbocycles. The van der Waals surface area contributed by atoms with E-state index in [4.69, 9.17) is 13.8 Å². The van der Waals surface area contributed by atoms with Crippen molar-refractivity contribution in [3.8, 4) is 0 Å². The van der Waals surface area contributed by atoms with Crippen molar-refractivity contribution < 1.29 is 27.2 Å². The zero-order valence-electron chi connectivity index (χ0n) is 9.92. The van der Waals surface area contributed by atoms with E-state index in [0.717, 1.165) is 13.1 Å². The topological polar surface area (TPSA) is 88.2 Å². The number of methoxy groups -OCH3 is 1. The zero-order chi connectivity index (χ0) is 12.6. The van der Waals surface area contributed by atoms with Crippen LogP contribution in [-0.2, 0) is 8.92 Å². The molecule has 0 saturated heterocycles. The smallest absolute Gasteiger partial charge is 0.445 e. The lowest BCUT2D eigenvalue weighted by atomic mass is 10.8. The highest BCUT2D eigenvalue weighted by Crippen LogP contribution is 2.31. The molecule has 0 radical (unpaired) electrons. The number of nitrogens with zero attached hydrogens (tertiary/aromatic N) is 2. The molecule has 0 aromatic carbocycles. The molecule has 2 N–H and O–H groups in total. The van der Waals surface area contributed by atoms with Gasteiger partial charge in [-0.1, -0.05) is 0 Å². The maximum Gasteiger partial charge on any atom is 0.445 e. The summed E-state index contributed by atoms with van der Waals surface area (Å²) in [4.78, 5) is 1.92. The monoisotopic (exact) mass is 244 g/mol. The van der Waals surface area contributed by atoms with Gasteiger partial charge in [0.05, 0.1) is 42.4 Å². The first-order valence-electron chi connectivity index (χ1n) is 3.96. The SMILES string of the molecule is COC(N(C)C)=[N+](C)C.COS([O-])(O)O. The van der Waals surface area contributed by atoms with Crippen LogP contribution in [0, 0.1) is 0 Å². The lowest BCUT2D eigenvalue weighted by Crippen LogP contribution is -2.30. The molecule has 0 amide bonds. The van der Waals surface area contributed by atoms with Crippen LogP contribution in [0.2, 0.25) is 0 Å². The van der Waals surface area contributed by atoms with Crippen LogP contribution in [0.3, 0.4) is 0 Å². The first kappa shape index (κ1) is 16.9. The molecule has 0 unspecified atom stereocenters. The van der Waals surface area contributed by atoms with Gasteiger partial charge in [0.15, 0.2) is 0 Å². The maximum atomic E-state index is 9.44. The second-order valence-electron chi connectivity index (χ2n) is 2.89. The van der Waals surface area contributed by atoms with Crippen LogP contribution >= 0.6 is 11.2 Å².